The number of nitrogens with one attached hydrogen (secondary N) is 1. The molecular formula is C29H40FN3O7. The van der Waals surface area contributed by atoms with Crippen molar-refractivity contribution >= 4 is 17.8 Å². The first-order valence-corrected chi connectivity index (χ1v) is 13.8. The Bertz CT molecular complexity index is 1110. The van der Waals surface area contributed by atoms with Crippen LogP contribution in [0.5, 0.6) is 0 Å². The van der Waals surface area contributed by atoms with Gasteiger partial charge < -0.3 is 29.6 Å². The molecule has 1 saturated heterocycles. The van der Waals surface area contributed by atoms with Gasteiger partial charge in [-0.15, -0.1) is 0 Å². The third-order valence-electron chi connectivity index (χ3n) is 6.97. The van der Waals surface area contributed by atoms with Gasteiger partial charge in [-0.05, 0) is 38.2 Å². The highest BCUT2D eigenvalue weighted by Gasteiger charge is 2.39. The number of allylic oxidation sites excluding steroid dienone is 2. The number of hydrogen-bond donors (Lipinski definition) is 3. The number of nitrogens with zero attached hydrogens (tertiary/aromatic N) is 2. The molecule has 0 saturated carbocycles. The number of aliphatic hydroxyl groups is 2. The fraction of sp³-hybridized carbons (Fsp3) is 0.586. The van der Waals surface area contributed by atoms with Crippen molar-refractivity contribution in [3.8, 4) is 0 Å². The van der Waals surface area contributed by atoms with Gasteiger partial charge in [0.25, 0.3) is 5.91 Å². The number of hydrogen-bond acceptors (Lipinski definition) is 8. The minimum Gasteiger partial charge on any atom is -0.460 e. The van der Waals surface area contributed by atoms with Crippen molar-refractivity contribution in [1.82, 2.24) is 15.2 Å². The normalized spacial score (nSPS) is 28.6. The maximum absolute atomic E-state index is 14.6. The zero-order chi connectivity index (χ0) is 29.2. The van der Waals surface area contributed by atoms with Crippen molar-refractivity contribution in [2.24, 2.45) is 11.8 Å². The summed E-state index contributed by atoms with van der Waals surface area (Å²) in [6.07, 6.45) is 6.77. The number of rotatable bonds is 3. The Hall–Kier alpha value is -3.31. The third kappa shape index (κ3) is 8.85. The van der Waals surface area contributed by atoms with Crippen molar-refractivity contribution in [1.29, 1.82) is 0 Å². The number of esters is 1. The lowest BCUT2D eigenvalue weighted by molar-refractivity contribution is -0.158. The number of amides is 2. The van der Waals surface area contributed by atoms with E-state index in [4.69, 9.17) is 9.15 Å². The highest BCUT2D eigenvalue weighted by molar-refractivity contribution is 5.95. The van der Waals surface area contributed by atoms with Gasteiger partial charge in [-0.25, -0.2) is 14.2 Å². The van der Waals surface area contributed by atoms with Gasteiger partial charge in [0.15, 0.2) is 11.6 Å². The molecule has 0 aliphatic carbocycles. The topological polar surface area (TPSA) is 142 Å². The molecule has 3 N–H and O–H groups in total. The summed E-state index contributed by atoms with van der Waals surface area (Å²) in [5.41, 5.74) is 0.658. The Morgan fingerprint density at radius 3 is 2.75 bits per heavy atom. The van der Waals surface area contributed by atoms with Crippen molar-refractivity contribution in [3.63, 3.8) is 0 Å². The van der Waals surface area contributed by atoms with Gasteiger partial charge in [0.1, 0.15) is 24.6 Å². The predicted octanol–water partition coefficient (Wildman–Crippen LogP) is 2.67. The number of carbonyl (C=O) groups excluding carboxylic acids is 3. The minimum atomic E-state index is -1.47. The van der Waals surface area contributed by atoms with Crippen molar-refractivity contribution in [3.05, 3.63) is 53.8 Å². The van der Waals surface area contributed by atoms with Crippen molar-refractivity contribution in [2.45, 2.75) is 77.3 Å². The molecule has 1 fully saturated rings. The van der Waals surface area contributed by atoms with Crippen LogP contribution in [-0.2, 0) is 20.7 Å². The van der Waals surface area contributed by atoms with E-state index in [-0.39, 0.29) is 55.8 Å². The number of fused-ring (bicyclic) bond motifs is 3. The molecule has 2 aliphatic heterocycles. The van der Waals surface area contributed by atoms with Gasteiger partial charge in [-0.3, -0.25) is 9.59 Å². The van der Waals surface area contributed by atoms with E-state index < -0.39 is 42.2 Å². The number of ether oxygens (including phenoxy) is 1. The van der Waals surface area contributed by atoms with E-state index in [9.17, 15) is 29.0 Å². The molecule has 5 atom stereocenters. The van der Waals surface area contributed by atoms with Gasteiger partial charge >= 0.3 is 5.97 Å². The molecule has 220 valence electrons. The standard InChI is InChI=1S/C29H40FN3O7/c1-18(2)27-20(10-13-34)8-9-25(36)31-11-4-6-19(3)14-22(35)15-21(30)16-26-32-23(17-39-26)28(37)33-12-5-7-24(33)29(38)40-27/h4,6,8-9,14,17-18,20-22,24,27,34-35H,5,7,10-13,15-16H2,1-3H3,(H,31,36)/b6-4?,9-8+,19-14?/t20-,21+,22+,24+,27+/m0/s1. The highest BCUT2D eigenvalue weighted by atomic mass is 19.1. The summed E-state index contributed by atoms with van der Waals surface area (Å²) >= 11 is 0. The average Bonchev–Trinajstić information content (AvgIpc) is 3.56. The van der Waals surface area contributed by atoms with Crippen LogP contribution in [-0.4, -0.2) is 82.0 Å². The molecular weight excluding hydrogens is 521 g/mol. The minimum absolute atomic E-state index is 0.0228. The van der Waals surface area contributed by atoms with Gasteiger partial charge in [-0.2, -0.15) is 0 Å². The smallest absolute Gasteiger partial charge is 0.329 e. The first-order chi connectivity index (χ1) is 19.1. The molecule has 2 aliphatic rings. The summed E-state index contributed by atoms with van der Waals surface area (Å²) in [6.45, 7) is 5.90. The number of aliphatic hydroxyl groups excluding tert-OH is 2. The summed E-state index contributed by atoms with van der Waals surface area (Å²) in [7, 11) is 0. The number of oxazole rings is 1. The second kappa shape index (κ2) is 14.9. The molecule has 1 aromatic rings. The van der Waals surface area contributed by atoms with Crippen LogP contribution < -0.4 is 5.32 Å². The lowest BCUT2D eigenvalue weighted by atomic mass is 9.90. The third-order valence-corrected chi connectivity index (χ3v) is 6.97. The quantitative estimate of drug-likeness (QED) is 0.478. The monoisotopic (exact) mass is 561 g/mol. The average molecular weight is 562 g/mol. The largest absolute Gasteiger partial charge is 0.460 e. The van der Waals surface area contributed by atoms with E-state index in [1.165, 1.54) is 17.1 Å². The van der Waals surface area contributed by atoms with E-state index in [2.05, 4.69) is 10.3 Å². The second-order valence-electron chi connectivity index (χ2n) is 10.6. The van der Waals surface area contributed by atoms with Gasteiger partial charge in [0.2, 0.25) is 5.91 Å². The fourth-order valence-corrected chi connectivity index (χ4v) is 4.99. The van der Waals surface area contributed by atoms with Crippen LogP contribution in [0.25, 0.3) is 0 Å². The summed E-state index contributed by atoms with van der Waals surface area (Å²) in [5, 5.41) is 22.6. The fourth-order valence-electron chi connectivity index (χ4n) is 4.99. The van der Waals surface area contributed by atoms with Gasteiger partial charge in [-0.1, -0.05) is 43.7 Å². The van der Waals surface area contributed by atoms with Crippen LogP contribution in [0.15, 0.2) is 46.6 Å². The molecule has 1 aromatic heterocycles. The lowest BCUT2D eigenvalue weighted by Crippen LogP contribution is -2.44. The Labute approximate surface area is 234 Å². The molecule has 0 spiro atoms. The molecule has 0 unspecified atom stereocenters. The van der Waals surface area contributed by atoms with Crippen LogP contribution in [0.1, 0.15) is 62.8 Å². The molecule has 2 amide bonds. The summed E-state index contributed by atoms with van der Waals surface area (Å²) < 4.78 is 25.9. The summed E-state index contributed by atoms with van der Waals surface area (Å²) in [4.78, 5) is 44.5. The Balaban J connectivity index is 1.89. The summed E-state index contributed by atoms with van der Waals surface area (Å²) in [6, 6.07) is -0.830. The lowest BCUT2D eigenvalue weighted by Gasteiger charge is -2.30. The first-order valence-electron chi connectivity index (χ1n) is 13.8. The van der Waals surface area contributed by atoms with Crippen LogP contribution in [0.2, 0.25) is 0 Å². The zero-order valence-electron chi connectivity index (χ0n) is 23.3. The van der Waals surface area contributed by atoms with E-state index >= 15 is 0 Å². The van der Waals surface area contributed by atoms with Crippen molar-refractivity contribution < 1.29 is 38.1 Å². The van der Waals surface area contributed by atoms with Crippen LogP contribution in [0.4, 0.5) is 4.39 Å². The Kier molecular flexibility index (Phi) is 11.6. The molecule has 0 aromatic carbocycles. The zero-order valence-corrected chi connectivity index (χ0v) is 23.3. The summed E-state index contributed by atoms with van der Waals surface area (Å²) in [5.74, 6) is -1.99. The maximum Gasteiger partial charge on any atom is 0.329 e. The molecule has 10 nitrogen and oxygen atoms in total. The number of aromatic nitrogens is 1. The Morgan fingerprint density at radius 1 is 1.25 bits per heavy atom. The van der Waals surface area contributed by atoms with E-state index in [0.717, 1.165) is 6.26 Å². The van der Waals surface area contributed by atoms with Crippen LogP contribution in [0, 0.1) is 11.8 Å². The predicted molar refractivity (Wildman–Crippen MR) is 145 cm³/mol. The van der Waals surface area contributed by atoms with E-state index in [1.807, 2.05) is 13.8 Å². The SMILES string of the molecule is CC1=C[C@@H](O)C[C@@H](F)Cc2nc(co2)C(=O)N2CCC[C@@H]2C(=O)O[C@H](C(C)C)[C@H](CCO)/C=C/C(=O)NCC=C1. The molecule has 3 rings (SSSR count). The van der Waals surface area contributed by atoms with Gasteiger partial charge in [0.05, 0.1) is 12.5 Å². The van der Waals surface area contributed by atoms with E-state index in [1.54, 1.807) is 25.2 Å². The number of halogens is 1. The molecule has 3 heterocycles. The molecule has 0 radical (unpaired) electrons. The first kappa shape index (κ1) is 31.2. The number of alkyl halides is 1. The molecule has 2 bridgehead atoms. The van der Waals surface area contributed by atoms with Gasteiger partial charge in [0, 0.05) is 32.0 Å². The Morgan fingerprint density at radius 2 is 2.02 bits per heavy atom. The number of cyclic esters (lactones) is 1. The second-order valence-corrected chi connectivity index (χ2v) is 10.6. The molecule has 11 heteroatoms. The van der Waals surface area contributed by atoms with Crippen LogP contribution >= 0.6 is 0 Å². The van der Waals surface area contributed by atoms with Crippen molar-refractivity contribution in [2.75, 3.05) is 19.7 Å². The highest BCUT2D eigenvalue weighted by Crippen LogP contribution is 2.27. The number of carbonyl (C=O) groups is 3. The molecule has 40 heavy (non-hydrogen) atoms. The maximum atomic E-state index is 14.6. The van der Waals surface area contributed by atoms with E-state index in [0.29, 0.717) is 25.0 Å². The van der Waals surface area contributed by atoms with Crippen LogP contribution in [0.3, 0.4) is 0 Å².